The first-order chi connectivity index (χ1) is 13.5. The third-order valence-electron chi connectivity index (χ3n) is 4.27. The van der Waals surface area contributed by atoms with Crippen LogP contribution in [0.3, 0.4) is 0 Å². The summed E-state index contributed by atoms with van der Waals surface area (Å²) < 4.78 is 78.1. The average molecular weight is 425 g/mol. The highest BCUT2D eigenvalue weighted by atomic mass is 32.2. The third-order valence-corrected chi connectivity index (χ3v) is 5.87. The molecule has 0 saturated carbocycles. The molecule has 2 aromatic carbocycles. The van der Waals surface area contributed by atoms with Crippen LogP contribution in [-0.2, 0) is 15.7 Å². The van der Waals surface area contributed by atoms with E-state index < -0.39 is 55.5 Å². The normalized spacial score (nSPS) is 21.4. The van der Waals surface area contributed by atoms with Crippen molar-refractivity contribution in [3.8, 4) is 23.8 Å². The van der Waals surface area contributed by atoms with Gasteiger partial charge in [-0.2, -0.15) is 19.3 Å². The molecule has 3 atom stereocenters. The number of hydrogen-bond acceptors (Lipinski definition) is 6. The number of benzene rings is 2. The lowest BCUT2D eigenvalue weighted by molar-refractivity contribution is -0.104. The second-order valence-electron chi connectivity index (χ2n) is 6.20. The van der Waals surface area contributed by atoms with Crippen molar-refractivity contribution in [1.82, 2.24) is 0 Å². The Hall–Kier alpha value is -3.15. The lowest BCUT2D eigenvalue weighted by Crippen LogP contribution is -2.24. The van der Waals surface area contributed by atoms with Crippen LogP contribution in [0, 0.1) is 28.6 Å². The largest absolute Gasteiger partial charge is 0.457 e. The third kappa shape index (κ3) is 3.39. The molecule has 0 amide bonds. The van der Waals surface area contributed by atoms with Crippen molar-refractivity contribution in [3.63, 3.8) is 0 Å². The Morgan fingerprint density at radius 1 is 1.28 bits per heavy atom. The molecule has 1 N–H and O–H groups in total. The maximum Gasteiger partial charge on any atom is 0.310 e. The predicted octanol–water partition coefficient (Wildman–Crippen LogP) is 3.90. The molecular formula is C18H11F4N3O3S. The summed E-state index contributed by atoms with van der Waals surface area (Å²) in [7, 11) is -3.55. The Morgan fingerprint density at radius 3 is 2.59 bits per heavy atom. The van der Waals surface area contributed by atoms with Gasteiger partial charge in [-0.25, -0.2) is 13.0 Å². The summed E-state index contributed by atoms with van der Waals surface area (Å²) in [4.78, 5) is -0.439. The molecule has 3 rings (SSSR count). The molecule has 2 unspecified atom stereocenters. The first-order valence-corrected chi connectivity index (χ1v) is 9.81. The van der Waals surface area contributed by atoms with E-state index in [1.807, 2.05) is 0 Å². The second kappa shape index (κ2) is 7.03. The Kier molecular flexibility index (Phi) is 4.99. The summed E-state index contributed by atoms with van der Waals surface area (Å²) in [5.74, 6) is -6.04. The van der Waals surface area contributed by atoms with Crippen LogP contribution in [-0.4, -0.2) is 21.7 Å². The number of alkyl halides is 3. The Balaban J connectivity index is 2.27. The first-order valence-electron chi connectivity index (χ1n) is 7.89. The summed E-state index contributed by atoms with van der Waals surface area (Å²) >= 11 is 0. The maximum atomic E-state index is 14.6. The topological polar surface area (TPSA) is 106 Å². The van der Waals surface area contributed by atoms with E-state index >= 15 is 0 Å². The number of fused-ring (bicyclic) bond motifs is 1. The number of nitriles is 2. The molecule has 6 nitrogen and oxygen atoms in total. The molecule has 0 saturated heterocycles. The van der Waals surface area contributed by atoms with Crippen LogP contribution >= 0.6 is 0 Å². The van der Waals surface area contributed by atoms with Crippen LogP contribution < -0.4 is 4.74 Å². The van der Waals surface area contributed by atoms with Crippen LogP contribution in [0.2, 0.25) is 0 Å². The van der Waals surface area contributed by atoms with Gasteiger partial charge in [0.1, 0.15) is 23.4 Å². The quantitative estimate of drug-likeness (QED) is 0.593. The highest BCUT2D eigenvalue weighted by Crippen LogP contribution is 2.55. The summed E-state index contributed by atoms with van der Waals surface area (Å²) in [5.41, 5.74) is -1.93. The minimum absolute atomic E-state index is 0.146. The minimum atomic E-state index is -4.23. The van der Waals surface area contributed by atoms with E-state index in [1.165, 1.54) is 6.19 Å². The fourth-order valence-corrected chi connectivity index (χ4v) is 4.26. The van der Waals surface area contributed by atoms with Crippen LogP contribution in [0.25, 0.3) is 0 Å². The smallest absolute Gasteiger partial charge is 0.310 e. The summed E-state index contributed by atoms with van der Waals surface area (Å²) in [6.45, 7) is 0. The fourth-order valence-electron chi connectivity index (χ4n) is 3.06. The van der Waals surface area contributed by atoms with Crippen molar-refractivity contribution in [2.24, 2.45) is 4.36 Å². The van der Waals surface area contributed by atoms with Gasteiger partial charge < -0.3 is 9.84 Å². The Bertz CT molecular complexity index is 1210. The Labute approximate surface area is 162 Å². The molecule has 0 spiro atoms. The van der Waals surface area contributed by atoms with Crippen molar-refractivity contribution in [3.05, 3.63) is 52.8 Å². The van der Waals surface area contributed by atoms with E-state index in [1.54, 1.807) is 6.07 Å². The van der Waals surface area contributed by atoms with Crippen LogP contribution in [0.4, 0.5) is 17.6 Å². The zero-order valence-corrected chi connectivity index (χ0v) is 15.4. The fraction of sp³-hybridized carbons (Fsp3) is 0.222. The van der Waals surface area contributed by atoms with Gasteiger partial charge in [-0.05, 0) is 24.3 Å². The molecule has 0 fully saturated rings. The van der Waals surface area contributed by atoms with E-state index in [0.717, 1.165) is 36.6 Å². The molecule has 29 heavy (non-hydrogen) atoms. The molecule has 0 bridgehead atoms. The van der Waals surface area contributed by atoms with Gasteiger partial charge >= 0.3 is 5.92 Å². The first kappa shape index (κ1) is 20.6. The number of nitrogens with zero attached hydrogens (tertiary/aromatic N) is 3. The SMILES string of the molecule is CS(=O)(=NC#N)c1ccc(Oc2cc(F)cc(C#N)c2)c2c1[C@@H](O)C(F)C2(F)F. The second-order valence-corrected chi connectivity index (χ2v) is 8.43. The van der Waals surface area contributed by atoms with Gasteiger partial charge in [-0.15, -0.1) is 4.36 Å². The number of halogens is 4. The summed E-state index contributed by atoms with van der Waals surface area (Å²) in [6.07, 6.45) is -3.14. The highest BCUT2D eigenvalue weighted by Gasteiger charge is 2.58. The van der Waals surface area contributed by atoms with Crippen LogP contribution in [0.5, 0.6) is 11.5 Å². The monoisotopic (exact) mass is 425 g/mol. The van der Waals surface area contributed by atoms with Gasteiger partial charge in [0.2, 0.25) is 6.19 Å². The molecule has 0 heterocycles. The van der Waals surface area contributed by atoms with Gasteiger partial charge in [-0.1, -0.05) is 0 Å². The predicted molar refractivity (Wildman–Crippen MR) is 91.8 cm³/mol. The zero-order chi connectivity index (χ0) is 21.6. The van der Waals surface area contributed by atoms with Crippen molar-refractivity contribution < 1.29 is 31.6 Å². The van der Waals surface area contributed by atoms with Gasteiger partial charge in [-0.3, -0.25) is 0 Å². The van der Waals surface area contributed by atoms with Crippen molar-refractivity contribution in [2.45, 2.75) is 23.1 Å². The van der Waals surface area contributed by atoms with Crippen molar-refractivity contribution in [2.75, 3.05) is 6.26 Å². The average Bonchev–Trinajstić information content (AvgIpc) is 2.82. The number of rotatable bonds is 3. The summed E-state index contributed by atoms with van der Waals surface area (Å²) in [6, 6.07) is 6.41. The van der Waals surface area contributed by atoms with E-state index in [0.29, 0.717) is 0 Å². The molecule has 1 aliphatic rings. The lowest BCUT2D eigenvalue weighted by Gasteiger charge is -2.18. The molecular weight excluding hydrogens is 414 g/mol. The lowest BCUT2D eigenvalue weighted by atomic mass is 10.1. The molecule has 11 heteroatoms. The summed E-state index contributed by atoms with van der Waals surface area (Å²) in [5, 5.41) is 27.6. The highest BCUT2D eigenvalue weighted by molar-refractivity contribution is 7.93. The number of aliphatic hydroxyl groups is 1. The molecule has 0 radical (unpaired) electrons. The van der Waals surface area contributed by atoms with E-state index in [2.05, 4.69) is 4.36 Å². The zero-order valence-electron chi connectivity index (χ0n) is 14.6. The molecule has 0 aliphatic heterocycles. The molecule has 150 valence electrons. The van der Waals surface area contributed by atoms with E-state index in [4.69, 9.17) is 15.3 Å². The molecule has 0 aromatic heterocycles. The number of ether oxygens (including phenoxy) is 1. The maximum absolute atomic E-state index is 14.6. The minimum Gasteiger partial charge on any atom is -0.457 e. The Morgan fingerprint density at radius 2 is 1.97 bits per heavy atom. The van der Waals surface area contributed by atoms with Gasteiger partial charge in [0, 0.05) is 17.9 Å². The van der Waals surface area contributed by atoms with E-state index in [9.17, 15) is 26.9 Å². The van der Waals surface area contributed by atoms with Crippen molar-refractivity contribution in [1.29, 1.82) is 10.5 Å². The van der Waals surface area contributed by atoms with Crippen LogP contribution in [0.1, 0.15) is 22.8 Å². The van der Waals surface area contributed by atoms with Crippen molar-refractivity contribution >= 4 is 9.73 Å². The molecule has 2 aromatic rings. The number of hydrogen-bond donors (Lipinski definition) is 1. The standard InChI is InChI=1S/C18H11F4N3O3S/c1-29(27,25-8-24)13-3-2-12(15-14(13)16(26)17(20)18(15,21)22)28-11-5-9(7-23)4-10(19)6-11/h2-6,16-17,26H,1H3/t16-,17?,29?/m1/s1. The van der Waals surface area contributed by atoms with Gasteiger partial charge in [0.25, 0.3) is 0 Å². The van der Waals surface area contributed by atoms with Crippen LogP contribution in [0.15, 0.2) is 39.6 Å². The van der Waals surface area contributed by atoms with Gasteiger partial charge in [0.05, 0.1) is 31.8 Å². The van der Waals surface area contributed by atoms with E-state index in [-0.39, 0.29) is 11.3 Å². The van der Waals surface area contributed by atoms with Gasteiger partial charge in [0.15, 0.2) is 6.17 Å². The number of aliphatic hydroxyl groups excluding tert-OH is 1. The molecule has 1 aliphatic carbocycles.